The zero-order valence-corrected chi connectivity index (χ0v) is 12.6. The lowest BCUT2D eigenvalue weighted by molar-refractivity contribution is 0.485. The maximum absolute atomic E-state index is 12.2. The van der Waals surface area contributed by atoms with Crippen molar-refractivity contribution in [1.82, 2.24) is 9.71 Å². The van der Waals surface area contributed by atoms with Gasteiger partial charge in [-0.3, -0.25) is 0 Å². The molecule has 18 heavy (non-hydrogen) atoms. The zero-order chi connectivity index (χ0) is 13.3. The van der Waals surface area contributed by atoms with Crippen LogP contribution in [-0.4, -0.2) is 14.3 Å². The minimum atomic E-state index is -1.06. The normalized spacial score (nSPS) is 21.5. The Morgan fingerprint density at radius 3 is 2.83 bits per heavy atom. The van der Waals surface area contributed by atoms with Gasteiger partial charge in [0.15, 0.2) is 0 Å². The lowest BCUT2D eigenvalue weighted by Crippen LogP contribution is -2.42. The van der Waals surface area contributed by atoms with E-state index >= 15 is 0 Å². The zero-order valence-electron chi connectivity index (χ0n) is 11.0. The number of nitrogens with zero attached hydrogens (tertiary/aromatic N) is 1. The van der Waals surface area contributed by atoms with E-state index in [1.54, 1.807) is 6.07 Å². The molecular weight excluding hydrogens is 268 g/mol. The molecule has 0 aromatic carbocycles. The van der Waals surface area contributed by atoms with Crippen molar-refractivity contribution in [3.8, 4) is 0 Å². The minimum absolute atomic E-state index is 0.124. The molecular formula is C13H19ClN2OS. The second kappa shape index (κ2) is 5.37. The van der Waals surface area contributed by atoms with Crippen LogP contribution in [0.25, 0.3) is 0 Å². The molecule has 2 rings (SSSR count). The molecule has 1 aliphatic carbocycles. The summed E-state index contributed by atoms with van der Waals surface area (Å²) in [5.74, 6) is 0. The van der Waals surface area contributed by atoms with Gasteiger partial charge >= 0.3 is 0 Å². The van der Waals surface area contributed by atoms with Crippen molar-refractivity contribution in [3.05, 3.63) is 28.5 Å². The number of aromatic nitrogens is 1. The fraction of sp³-hybridized carbons (Fsp3) is 0.615. The van der Waals surface area contributed by atoms with E-state index in [-0.39, 0.29) is 10.8 Å². The third-order valence-electron chi connectivity index (χ3n) is 3.06. The van der Waals surface area contributed by atoms with E-state index in [1.807, 2.05) is 26.8 Å². The van der Waals surface area contributed by atoms with Crippen LogP contribution in [0.15, 0.2) is 12.1 Å². The molecule has 3 nitrogen and oxygen atoms in total. The predicted molar refractivity (Wildman–Crippen MR) is 76.0 cm³/mol. The highest BCUT2D eigenvalue weighted by molar-refractivity contribution is 7.90. The number of hydrogen-bond acceptors (Lipinski definition) is 3. The highest BCUT2D eigenvalue weighted by Gasteiger charge is 2.32. The molecule has 1 unspecified atom stereocenters. The maximum atomic E-state index is 12.2. The molecule has 0 fully saturated rings. The van der Waals surface area contributed by atoms with Crippen molar-refractivity contribution < 1.29 is 4.55 Å². The summed E-state index contributed by atoms with van der Waals surface area (Å²) in [5, 5.41) is 0.534. The van der Waals surface area contributed by atoms with E-state index in [0.29, 0.717) is 5.15 Å². The molecule has 0 bridgehead atoms. The summed E-state index contributed by atoms with van der Waals surface area (Å²) < 4.78 is 15.1. The highest BCUT2D eigenvalue weighted by atomic mass is 35.5. The van der Waals surface area contributed by atoms with E-state index in [2.05, 4.69) is 9.71 Å². The number of pyridine rings is 1. The van der Waals surface area contributed by atoms with Gasteiger partial charge in [0.2, 0.25) is 0 Å². The topological polar surface area (TPSA) is 48.0 Å². The monoisotopic (exact) mass is 286 g/mol. The summed E-state index contributed by atoms with van der Waals surface area (Å²) in [6, 6.07) is 3.93. The Morgan fingerprint density at radius 2 is 2.17 bits per heavy atom. The first kappa shape index (κ1) is 14.1. The summed E-state index contributed by atoms with van der Waals surface area (Å²) in [4.78, 5) is 4.36. The molecule has 1 aromatic heterocycles. The molecule has 100 valence electrons. The third-order valence-corrected chi connectivity index (χ3v) is 4.88. The first-order valence-electron chi connectivity index (χ1n) is 6.21. The van der Waals surface area contributed by atoms with Crippen LogP contribution in [0.4, 0.5) is 0 Å². The standard InChI is InChI=1S/C13H19ClN2OS/c1-13(2,3)18(17)16-11-6-4-5-10-9(11)7-8-12(14)15-10/h7-8,11,16H,4-6H2,1-3H3/t11-,18?/m0/s1. The Kier molecular flexibility index (Phi) is 4.22. The number of rotatable bonds is 2. The summed E-state index contributed by atoms with van der Waals surface area (Å²) in [6.07, 6.45) is 3.01. The largest absolute Gasteiger partial charge is 0.598 e. The minimum Gasteiger partial charge on any atom is -0.598 e. The molecule has 1 heterocycles. The second-order valence-corrected chi connectivity index (χ2v) is 8.00. The van der Waals surface area contributed by atoms with Gasteiger partial charge in [0.05, 0.1) is 6.04 Å². The summed E-state index contributed by atoms with van der Waals surface area (Å²) in [7, 11) is 0. The van der Waals surface area contributed by atoms with Crippen LogP contribution >= 0.6 is 11.6 Å². The van der Waals surface area contributed by atoms with Crippen molar-refractivity contribution in [3.63, 3.8) is 0 Å². The number of nitrogens with one attached hydrogen (secondary N) is 1. The first-order valence-corrected chi connectivity index (χ1v) is 7.74. The van der Waals surface area contributed by atoms with Gasteiger partial charge < -0.3 is 4.55 Å². The van der Waals surface area contributed by atoms with Gasteiger partial charge in [-0.25, -0.2) is 4.98 Å². The molecule has 0 amide bonds. The first-order chi connectivity index (χ1) is 8.38. The molecule has 2 atom stereocenters. The van der Waals surface area contributed by atoms with Crippen molar-refractivity contribution >= 4 is 23.0 Å². The number of aryl methyl sites for hydroxylation is 1. The fourth-order valence-electron chi connectivity index (χ4n) is 2.06. The highest BCUT2D eigenvalue weighted by Crippen LogP contribution is 2.31. The van der Waals surface area contributed by atoms with E-state index < -0.39 is 11.4 Å². The fourth-order valence-corrected chi connectivity index (χ4v) is 3.08. The molecule has 0 aliphatic heterocycles. The van der Waals surface area contributed by atoms with Crippen molar-refractivity contribution in [2.75, 3.05) is 0 Å². The van der Waals surface area contributed by atoms with Crippen LogP contribution in [0.3, 0.4) is 0 Å². The van der Waals surface area contributed by atoms with Crippen LogP contribution in [0.2, 0.25) is 5.15 Å². The Bertz CT molecular complexity index is 433. The predicted octanol–water partition coefficient (Wildman–Crippen LogP) is 3.16. The Balaban J connectivity index is 2.18. The van der Waals surface area contributed by atoms with E-state index in [1.165, 1.54) is 0 Å². The summed E-state index contributed by atoms with van der Waals surface area (Å²) in [5.41, 5.74) is 2.18. The van der Waals surface area contributed by atoms with E-state index in [0.717, 1.165) is 30.5 Å². The van der Waals surface area contributed by atoms with Crippen molar-refractivity contribution in [2.24, 2.45) is 0 Å². The third kappa shape index (κ3) is 3.18. The molecule has 0 saturated heterocycles. The molecule has 1 aliphatic rings. The molecule has 0 spiro atoms. The molecule has 0 saturated carbocycles. The van der Waals surface area contributed by atoms with Gasteiger partial charge in [0.25, 0.3) is 0 Å². The van der Waals surface area contributed by atoms with Gasteiger partial charge in [-0.05, 0) is 51.7 Å². The van der Waals surface area contributed by atoms with Gasteiger partial charge in [0, 0.05) is 17.1 Å². The van der Waals surface area contributed by atoms with E-state index in [9.17, 15) is 4.55 Å². The lowest BCUT2D eigenvalue weighted by atomic mass is 9.92. The number of fused-ring (bicyclic) bond motifs is 1. The number of halogens is 1. The quantitative estimate of drug-likeness (QED) is 0.671. The average molecular weight is 287 g/mol. The summed E-state index contributed by atoms with van der Waals surface area (Å²) >= 11 is 4.85. The SMILES string of the molecule is CC(C)(C)[S+]([O-])N[C@H]1CCCc2nc(Cl)ccc21. The van der Waals surface area contributed by atoms with E-state index in [4.69, 9.17) is 11.6 Å². The molecule has 1 aromatic rings. The molecule has 1 N–H and O–H groups in total. The van der Waals surface area contributed by atoms with Crippen molar-refractivity contribution in [1.29, 1.82) is 0 Å². The maximum Gasteiger partial charge on any atom is 0.136 e. The van der Waals surface area contributed by atoms with Gasteiger partial charge in [-0.1, -0.05) is 17.7 Å². The van der Waals surface area contributed by atoms with Crippen LogP contribution in [0.1, 0.15) is 50.9 Å². The van der Waals surface area contributed by atoms with Gasteiger partial charge in [-0.15, -0.1) is 4.72 Å². The smallest absolute Gasteiger partial charge is 0.136 e. The Morgan fingerprint density at radius 1 is 1.44 bits per heavy atom. The second-order valence-electron chi connectivity index (χ2n) is 5.61. The summed E-state index contributed by atoms with van der Waals surface area (Å²) in [6.45, 7) is 5.92. The molecule has 5 heteroatoms. The van der Waals surface area contributed by atoms with Gasteiger partial charge in [0.1, 0.15) is 9.90 Å². The van der Waals surface area contributed by atoms with Crippen LogP contribution < -0.4 is 4.72 Å². The lowest BCUT2D eigenvalue weighted by Gasteiger charge is -2.30. The molecule has 0 radical (unpaired) electrons. The Labute approximate surface area is 117 Å². The van der Waals surface area contributed by atoms with Crippen LogP contribution in [0, 0.1) is 0 Å². The van der Waals surface area contributed by atoms with Crippen LogP contribution in [0.5, 0.6) is 0 Å². The average Bonchev–Trinajstić information content (AvgIpc) is 2.27. The number of hydrogen-bond donors (Lipinski definition) is 1. The Hall–Kier alpha value is -0.290. The van der Waals surface area contributed by atoms with Gasteiger partial charge in [-0.2, -0.15) is 0 Å². The van der Waals surface area contributed by atoms with Crippen molar-refractivity contribution in [2.45, 2.75) is 50.8 Å². The van der Waals surface area contributed by atoms with Crippen LogP contribution in [-0.2, 0) is 17.8 Å².